The number of hydrogen-bond donors (Lipinski definition) is 1. The van der Waals surface area contributed by atoms with E-state index < -0.39 is 32.0 Å². The van der Waals surface area contributed by atoms with Crippen LogP contribution in [-0.2, 0) is 24.8 Å². The number of rotatable bonds is 7. The van der Waals surface area contributed by atoms with Crippen LogP contribution in [0.1, 0.15) is 13.3 Å². The molecule has 2 aromatic carbocycles. The van der Waals surface area contributed by atoms with Gasteiger partial charge in [-0.3, -0.25) is 4.79 Å². The van der Waals surface area contributed by atoms with Crippen LogP contribution in [-0.4, -0.2) is 63.6 Å². The molecule has 2 aromatic rings. The molecule has 3 rings (SSSR count). The first-order valence-electron chi connectivity index (χ1n) is 9.68. The fourth-order valence-electron chi connectivity index (χ4n) is 3.30. The number of sulfonamides is 2. The van der Waals surface area contributed by atoms with E-state index in [9.17, 15) is 21.6 Å². The highest BCUT2D eigenvalue weighted by molar-refractivity contribution is 7.89. The van der Waals surface area contributed by atoms with Crippen molar-refractivity contribution in [3.8, 4) is 0 Å². The fraction of sp³-hybridized carbons (Fsp3) is 0.350. The van der Waals surface area contributed by atoms with Gasteiger partial charge in [-0.2, -0.15) is 8.61 Å². The first kappa shape index (κ1) is 22.4. The van der Waals surface area contributed by atoms with Gasteiger partial charge in [-0.15, -0.1) is 0 Å². The number of piperazine rings is 1. The van der Waals surface area contributed by atoms with Gasteiger partial charge in [-0.05, 0) is 30.7 Å². The predicted molar refractivity (Wildman–Crippen MR) is 113 cm³/mol. The van der Waals surface area contributed by atoms with Crippen molar-refractivity contribution in [2.24, 2.45) is 0 Å². The van der Waals surface area contributed by atoms with E-state index in [1.54, 1.807) is 36.4 Å². The molecule has 1 N–H and O–H groups in total. The molecule has 1 amide bonds. The predicted octanol–water partition coefficient (Wildman–Crippen LogP) is 1.28. The third-order valence-electron chi connectivity index (χ3n) is 4.88. The van der Waals surface area contributed by atoms with Crippen molar-refractivity contribution in [1.29, 1.82) is 0 Å². The minimum atomic E-state index is -3.96. The lowest BCUT2D eigenvalue weighted by molar-refractivity contribution is -0.125. The average Bonchev–Trinajstić information content (AvgIpc) is 2.78. The van der Waals surface area contributed by atoms with Gasteiger partial charge in [0.05, 0.1) is 9.79 Å². The quantitative estimate of drug-likeness (QED) is 0.683. The van der Waals surface area contributed by atoms with Gasteiger partial charge in [0.1, 0.15) is 6.04 Å². The molecule has 162 valence electrons. The van der Waals surface area contributed by atoms with Crippen molar-refractivity contribution >= 4 is 26.0 Å². The Morgan fingerprint density at radius 2 is 1.43 bits per heavy atom. The zero-order valence-corrected chi connectivity index (χ0v) is 18.3. The molecular weight excluding hydrogens is 426 g/mol. The second-order valence-electron chi connectivity index (χ2n) is 6.91. The molecule has 10 heteroatoms. The maximum Gasteiger partial charge on any atom is 0.243 e. The van der Waals surface area contributed by atoms with E-state index in [1.807, 2.05) is 6.92 Å². The lowest BCUT2D eigenvalue weighted by atomic mass is 10.2. The lowest BCUT2D eigenvalue weighted by Gasteiger charge is -2.38. The van der Waals surface area contributed by atoms with Crippen molar-refractivity contribution in [3.63, 3.8) is 0 Å². The molecule has 1 aliphatic heterocycles. The molecule has 1 aliphatic rings. The molecule has 0 saturated carbocycles. The van der Waals surface area contributed by atoms with Gasteiger partial charge in [-0.1, -0.05) is 43.3 Å². The molecule has 1 atom stereocenters. The molecule has 1 heterocycles. The van der Waals surface area contributed by atoms with Crippen LogP contribution in [0, 0.1) is 0 Å². The molecule has 0 radical (unpaired) electrons. The largest absolute Gasteiger partial charge is 0.355 e. The van der Waals surface area contributed by atoms with Crippen LogP contribution in [0.15, 0.2) is 70.5 Å². The Hall–Kier alpha value is -2.27. The number of carbonyl (C=O) groups excluding carboxylic acids is 1. The van der Waals surface area contributed by atoms with Gasteiger partial charge in [0.15, 0.2) is 0 Å². The summed E-state index contributed by atoms with van der Waals surface area (Å²) >= 11 is 0. The summed E-state index contributed by atoms with van der Waals surface area (Å²) in [7, 11) is -7.81. The Labute approximate surface area is 177 Å². The van der Waals surface area contributed by atoms with Crippen LogP contribution in [0.2, 0.25) is 0 Å². The summed E-state index contributed by atoms with van der Waals surface area (Å²) in [5.74, 6) is -0.510. The molecule has 30 heavy (non-hydrogen) atoms. The highest BCUT2D eigenvalue weighted by Gasteiger charge is 2.43. The normalized spacial score (nSPS) is 18.8. The number of nitrogens with zero attached hydrogens (tertiary/aromatic N) is 2. The summed E-state index contributed by atoms with van der Waals surface area (Å²) in [6.07, 6.45) is 0.677. The van der Waals surface area contributed by atoms with Crippen molar-refractivity contribution in [2.45, 2.75) is 29.2 Å². The van der Waals surface area contributed by atoms with Gasteiger partial charge in [-0.25, -0.2) is 16.8 Å². The number of hydrogen-bond acceptors (Lipinski definition) is 5. The van der Waals surface area contributed by atoms with Crippen LogP contribution < -0.4 is 5.32 Å². The minimum absolute atomic E-state index is 0.0408. The van der Waals surface area contributed by atoms with Crippen molar-refractivity contribution in [2.75, 3.05) is 26.2 Å². The summed E-state index contributed by atoms with van der Waals surface area (Å²) in [4.78, 5) is 13.0. The molecule has 0 spiro atoms. The molecule has 8 nitrogen and oxygen atoms in total. The third kappa shape index (κ3) is 4.56. The number of benzene rings is 2. The van der Waals surface area contributed by atoms with Gasteiger partial charge in [0, 0.05) is 26.2 Å². The summed E-state index contributed by atoms with van der Waals surface area (Å²) in [5, 5.41) is 2.70. The van der Waals surface area contributed by atoms with E-state index in [-0.39, 0.29) is 29.4 Å². The minimum Gasteiger partial charge on any atom is -0.355 e. The Bertz CT molecular complexity index is 1070. The molecule has 0 aliphatic carbocycles. The maximum absolute atomic E-state index is 13.2. The average molecular weight is 452 g/mol. The van der Waals surface area contributed by atoms with E-state index in [0.717, 1.165) is 4.31 Å². The lowest BCUT2D eigenvalue weighted by Crippen LogP contribution is -2.61. The topological polar surface area (TPSA) is 104 Å². The van der Waals surface area contributed by atoms with Crippen LogP contribution >= 0.6 is 0 Å². The van der Waals surface area contributed by atoms with Crippen molar-refractivity contribution < 1.29 is 21.6 Å². The van der Waals surface area contributed by atoms with Crippen LogP contribution in [0.25, 0.3) is 0 Å². The molecule has 0 unspecified atom stereocenters. The maximum atomic E-state index is 13.2. The van der Waals surface area contributed by atoms with Gasteiger partial charge in [0.2, 0.25) is 26.0 Å². The highest BCUT2D eigenvalue weighted by atomic mass is 32.2. The summed E-state index contributed by atoms with van der Waals surface area (Å²) in [6, 6.07) is 14.6. The van der Waals surface area contributed by atoms with Crippen LogP contribution in [0.5, 0.6) is 0 Å². The Balaban J connectivity index is 1.94. The molecule has 0 bridgehead atoms. The molecule has 1 fully saturated rings. The SMILES string of the molecule is CCCNC(=O)[C@@H]1CN(S(=O)(=O)c2ccccc2)CCN1S(=O)(=O)c1ccccc1. The van der Waals surface area contributed by atoms with E-state index >= 15 is 0 Å². The number of nitrogens with one attached hydrogen (secondary N) is 1. The zero-order valence-electron chi connectivity index (χ0n) is 16.6. The third-order valence-corrected chi connectivity index (χ3v) is 8.68. The Kier molecular flexibility index (Phi) is 6.91. The van der Waals surface area contributed by atoms with E-state index in [2.05, 4.69) is 5.32 Å². The Morgan fingerprint density at radius 3 is 1.97 bits per heavy atom. The molecule has 0 aromatic heterocycles. The summed E-state index contributed by atoms with van der Waals surface area (Å²) in [6.45, 7) is 1.85. The van der Waals surface area contributed by atoms with Crippen molar-refractivity contribution in [3.05, 3.63) is 60.7 Å². The monoisotopic (exact) mass is 451 g/mol. The number of carbonyl (C=O) groups is 1. The van der Waals surface area contributed by atoms with E-state index in [4.69, 9.17) is 0 Å². The molecule has 1 saturated heterocycles. The van der Waals surface area contributed by atoms with E-state index in [1.165, 1.54) is 28.6 Å². The van der Waals surface area contributed by atoms with Crippen LogP contribution in [0.3, 0.4) is 0 Å². The smallest absolute Gasteiger partial charge is 0.243 e. The summed E-state index contributed by atoms with van der Waals surface area (Å²) in [5.41, 5.74) is 0. The highest BCUT2D eigenvalue weighted by Crippen LogP contribution is 2.25. The Morgan fingerprint density at radius 1 is 0.900 bits per heavy atom. The molecular formula is C20H25N3O5S2. The second-order valence-corrected chi connectivity index (χ2v) is 10.7. The van der Waals surface area contributed by atoms with E-state index in [0.29, 0.717) is 13.0 Å². The summed E-state index contributed by atoms with van der Waals surface area (Å²) < 4.78 is 54.7. The first-order chi connectivity index (χ1) is 14.3. The fourth-order valence-corrected chi connectivity index (χ4v) is 6.35. The standard InChI is InChI=1S/C20H25N3O5S2/c1-2-13-21-20(24)19-16-22(29(25,26)17-9-5-3-6-10-17)14-15-23(19)30(27,28)18-11-7-4-8-12-18/h3-12,19H,2,13-16H2,1H3,(H,21,24)/t19-/m0/s1. The van der Waals surface area contributed by atoms with Crippen molar-refractivity contribution in [1.82, 2.24) is 13.9 Å². The van der Waals surface area contributed by atoms with Gasteiger partial charge < -0.3 is 5.32 Å². The first-order valence-corrected chi connectivity index (χ1v) is 12.6. The van der Waals surface area contributed by atoms with Crippen LogP contribution in [0.4, 0.5) is 0 Å². The van der Waals surface area contributed by atoms with Gasteiger partial charge >= 0.3 is 0 Å². The number of amides is 1. The second kappa shape index (κ2) is 9.25. The zero-order chi connectivity index (χ0) is 21.8. The van der Waals surface area contributed by atoms with Gasteiger partial charge in [0.25, 0.3) is 0 Å².